The molecule has 0 aromatic heterocycles. The minimum Gasteiger partial charge on any atom is -0.494 e. The third-order valence-corrected chi connectivity index (χ3v) is 2.38. The van der Waals surface area contributed by atoms with Gasteiger partial charge in [-0.3, -0.25) is 0 Å². The van der Waals surface area contributed by atoms with Crippen LogP contribution in [0.2, 0.25) is 0 Å². The maximum atomic E-state index is 11.4. The van der Waals surface area contributed by atoms with Gasteiger partial charge in [-0.15, -0.1) is 0 Å². The van der Waals surface area contributed by atoms with E-state index in [0.717, 1.165) is 11.3 Å². The third kappa shape index (κ3) is 6.95. The molecule has 0 saturated heterocycles. The highest BCUT2D eigenvalue weighted by Crippen LogP contribution is 2.13. The largest absolute Gasteiger partial charge is 0.494 e. The van der Waals surface area contributed by atoms with Gasteiger partial charge in [-0.05, 0) is 44.5 Å². The zero-order chi connectivity index (χ0) is 14.8. The van der Waals surface area contributed by atoms with Crippen molar-refractivity contribution in [3.63, 3.8) is 0 Å². The summed E-state index contributed by atoms with van der Waals surface area (Å²) >= 11 is 0. The average molecular weight is 278 g/mol. The van der Waals surface area contributed by atoms with Gasteiger partial charge in [0.05, 0.1) is 19.3 Å². The number of hydrogen-bond acceptors (Lipinski definition) is 4. The number of esters is 1. The smallest absolute Gasteiger partial charge is 0.330 e. The molecular formula is C16H22O4. The topological polar surface area (TPSA) is 44.8 Å². The molecule has 20 heavy (non-hydrogen) atoms. The molecule has 0 atom stereocenters. The number of carbonyl (C=O) groups excluding carboxylic acids is 1. The molecule has 0 bridgehead atoms. The van der Waals surface area contributed by atoms with Crippen LogP contribution >= 0.6 is 0 Å². The van der Waals surface area contributed by atoms with Crippen LogP contribution in [-0.4, -0.2) is 31.9 Å². The summed E-state index contributed by atoms with van der Waals surface area (Å²) in [6.07, 6.45) is 3.26. The number of hydrogen-bond donors (Lipinski definition) is 0. The molecule has 0 amide bonds. The number of carbonyl (C=O) groups is 1. The van der Waals surface area contributed by atoms with Crippen molar-refractivity contribution >= 4 is 12.0 Å². The zero-order valence-corrected chi connectivity index (χ0v) is 12.3. The summed E-state index contributed by atoms with van der Waals surface area (Å²) in [6.45, 7) is 7.14. The Morgan fingerprint density at radius 2 is 1.90 bits per heavy atom. The summed E-state index contributed by atoms with van der Waals surface area (Å²) in [5.74, 6) is 0.448. The Morgan fingerprint density at radius 1 is 1.20 bits per heavy atom. The van der Waals surface area contributed by atoms with Gasteiger partial charge in [-0.2, -0.15) is 0 Å². The van der Waals surface area contributed by atoms with E-state index in [0.29, 0.717) is 13.2 Å². The molecule has 0 saturated carbocycles. The van der Waals surface area contributed by atoms with Crippen LogP contribution in [0.25, 0.3) is 6.08 Å². The van der Waals surface area contributed by atoms with E-state index >= 15 is 0 Å². The van der Waals surface area contributed by atoms with E-state index < -0.39 is 0 Å². The van der Waals surface area contributed by atoms with Crippen molar-refractivity contribution in [1.82, 2.24) is 0 Å². The molecule has 0 aliphatic rings. The van der Waals surface area contributed by atoms with Crippen LogP contribution in [0.15, 0.2) is 30.3 Å². The summed E-state index contributed by atoms with van der Waals surface area (Å²) < 4.78 is 15.6. The first-order valence-electron chi connectivity index (χ1n) is 6.81. The van der Waals surface area contributed by atoms with Gasteiger partial charge in [0.1, 0.15) is 12.4 Å². The first-order chi connectivity index (χ1) is 9.61. The van der Waals surface area contributed by atoms with Crippen LogP contribution in [-0.2, 0) is 14.3 Å². The van der Waals surface area contributed by atoms with Gasteiger partial charge >= 0.3 is 5.97 Å². The molecule has 0 heterocycles. The molecule has 0 fully saturated rings. The molecule has 110 valence electrons. The SMILES string of the molecule is CCOc1ccc(/C=C/C(=O)OCCOC(C)C)cc1. The second-order valence-corrected chi connectivity index (χ2v) is 4.42. The Bertz CT molecular complexity index is 421. The third-order valence-electron chi connectivity index (χ3n) is 2.38. The van der Waals surface area contributed by atoms with Crippen LogP contribution in [0.5, 0.6) is 5.75 Å². The number of ether oxygens (including phenoxy) is 3. The lowest BCUT2D eigenvalue weighted by Crippen LogP contribution is -2.12. The molecule has 1 rings (SSSR count). The summed E-state index contributed by atoms with van der Waals surface area (Å²) in [6, 6.07) is 7.50. The highest BCUT2D eigenvalue weighted by Gasteiger charge is 1.98. The molecule has 1 aromatic carbocycles. The van der Waals surface area contributed by atoms with E-state index in [1.54, 1.807) is 6.08 Å². The molecule has 0 aliphatic carbocycles. The van der Waals surface area contributed by atoms with Crippen molar-refractivity contribution < 1.29 is 19.0 Å². The maximum absolute atomic E-state index is 11.4. The second-order valence-electron chi connectivity index (χ2n) is 4.42. The van der Waals surface area contributed by atoms with E-state index in [4.69, 9.17) is 14.2 Å². The Hall–Kier alpha value is -1.81. The van der Waals surface area contributed by atoms with Crippen LogP contribution in [0.1, 0.15) is 26.3 Å². The van der Waals surface area contributed by atoms with Crippen molar-refractivity contribution in [3.8, 4) is 5.75 Å². The first-order valence-corrected chi connectivity index (χ1v) is 6.81. The normalized spacial score (nSPS) is 11.0. The minimum atomic E-state index is -0.369. The van der Waals surface area contributed by atoms with Crippen molar-refractivity contribution in [1.29, 1.82) is 0 Å². The summed E-state index contributed by atoms with van der Waals surface area (Å²) in [5.41, 5.74) is 0.920. The van der Waals surface area contributed by atoms with Crippen LogP contribution in [0, 0.1) is 0 Å². The summed E-state index contributed by atoms with van der Waals surface area (Å²) in [7, 11) is 0. The van der Waals surface area contributed by atoms with E-state index in [1.165, 1.54) is 6.08 Å². The fraction of sp³-hybridized carbons (Fsp3) is 0.438. The Balaban J connectivity index is 2.33. The van der Waals surface area contributed by atoms with E-state index in [2.05, 4.69) is 0 Å². The standard InChI is InChI=1S/C16H22O4/c1-4-18-15-8-5-14(6-9-15)7-10-16(17)20-12-11-19-13(2)3/h5-10,13H,4,11-12H2,1-3H3/b10-7+. The first kappa shape index (κ1) is 16.2. The molecule has 0 unspecified atom stereocenters. The van der Waals surface area contributed by atoms with Gasteiger partial charge in [-0.1, -0.05) is 12.1 Å². The van der Waals surface area contributed by atoms with Gasteiger partial charge in [0.25, 0.3) is 0 Å². The quantitative estimate of drug-likeness (QED) is 0.416. The van der Waals surface area contributed by atoms with Gasteiger partial charge in [0.2, 0.25) is 0 Å². The lowest BCUT2D eigenvalue weighted by molar-refractivity contribution is -0.139. The predicted molar refractivity (Wildman–Crippen MR) is 78.7 cm³/mol. The average Bonchev–Trinajstić information content (AvgIpc) is 2.43. The van der Waals surface area contributed by atoms with Gasteiger partial charge < -0.3 is 14.2 Å². The molecule has 0 spiro atoms. The fourth-order valence-electron chi connectivity index (χ4n) is 1.48. The number of benzene rings is 1. The van der Waals surface area contributed by atoms with Crippen LogP contribution in [0.4, 0.5) is 0 Å². The van der Waals surface area contributed by atoms with Crippen LogP contribution < -0.4 is 4.74 Å². The fourth-order valence-corrected chi connectivity index (χ4v) is 1.48. The highest BCUT2D eigenvalue weighted by molar-refractivity contribution is 5.87. The minimum absolute atomic E-state index is 0.146. The predicted octanol–water partition coefficient (Wildman–Crippen LogP) is 3.07. The van der Waals surface area contributed by atoms with Crippen LogP contribution in [0.3, 0.4) is 0 Å². The van der Waals surface area contributed by atoms with E-state index in [9.17, 15) is 4.79 Å². The lowest BCUT2D eigenvalue weighted by atomic mass is 10.2. The van der Waals surface area contributed by atoms with Gasteiger partial charge in [0, 0.05) is 6.08 Å². The molecule has 0 aliphatic heterocycles. The molecule has 0 radical (unpaired) electrons. The molecular weight excluding hydrogens is 256 g/mol. The lowest BCUT2D eigenvalue weighted by Gasteiger charge is -2.06. The van der Waals surface area contributed by atoms with Crippen molar-refractivity contribution in [2.24, 2.45) is 0 Å². The number of rotatable bonds is 8. The molecule has 1 aromatic rings. The Morgan fingerprint density at radius 3 is 2.50 bits per heavy atom. The van der Waals surface area contributed by atoms with E-state index in [1.807, 2.05) is 45.0 Å². The summed E-state index contributed by atoms with van der Waals surface area (Å²) in [4.78, 5) is 11.4. The van der Waals surface area contributed by atoms with E-state index in [-0.39, 0.29) is 18.7 Å². The second kappa shape index (κ2) is 9.15. The molecule has 4 heteroatoms. The van der Waals surface area contributed by atoms with Crippen molar-refractivity contribution in [2.45, 2.75) is 26.9 Å². The van der Waals surface area contributed by atoms with Crippen molar-refractivity contribution in [3.05, 3.63) is 35.9 Å². The maximum Gasteiger partial charge on any atom is 0.330 e. The van der Waals surface area contributed by atoms with Gasteiger partial charge in [-0.25, -0.2) is 4.79 Å². The monoisotopic (exact) mass is 278 g/mol. The highest BCUT2D eigenvalue weighted by atomic mass is 16.6. The van der Waals surface area contributed by atoms with Crippen molar-refractivity contribution in [2.75, 3.05) is 19.8 Å². The Kier molecular flexibility index (Phi) is 7.43. The zero-order valence-electron chi connectivity index (χ0n) is 12.3. The molecule has 4 nitrogen and oxygen atoms in total. The molecule has 0 N–H and O–H groups in total. The van der Waals surface area contributed by atoms with Gasteiger partial charge in [0.15, 0.2) is 0 Å². The summed E-state index contributed by atoms with van der Waals surface area (Å²) in [5, 5.41) is 0. The Labute approximate surface area is 120 Å².